The van der Waals surface area contributed by atoms with Crippen molar-refractivity contribution in [3.8, 4) is 0 Å². The Balaban J connectivity index is 5.75. The van der Waals surface area contributed by atoms with Gasteiger partial charge in [0, 0.05) is 0 Å². The van der Waals surface area contributed by atoms with Gasteiger partial charge in [-0.3, -0.25) is 19.3 Å². The number of carbonyl (C=O) groups excluding carboxylic acids is 3. The highest BCUT2D eigenvalue weighted by Gasteiger charge is 2.35. The summed E-state index contributed by atoms with van der Waals surface area (Å²) in [5.41, 5.74) is 0. The summed E-state index contributed by atoms with van der Waals surface area (Å²) in [6.45, 7) is 5.45. The van der Waals surface area contributed by atoms with Gasteiger partial charge in [0.05, 0.1) is 12.7 Å². The molecule has 26 heavy (non-hydrogen) atoms. The zero-order valence-corrected chi connectivity index (χ0v) is 15.5. The van der Waals surface area contributed by atoms with Crippen molar-refractivity contribution in [1.29, 1.82) is 0 Å². The van der Waals surface area contributed by atoms with Crippen LogP contribution in [0.25, 0.3) is 0 Å². The monoisotopic (exact) mass is 365 g/mol. The Hall–Kier alpha value is -2.70. The van der Waals surface area contributed by atoms with Crippen molar-refractivity contribution in [2.24, 2.45) is 0 Å². The van der Waals surface area contributed by atoms with Gasteiger partial charge in [-0.2, -0.15) is 0 Å². The van der Waals surface area contributed by atoms with Crippen LogP contribution < -0.4 is 0 Å². The fourth-order valence-electron chi connectivity index (χ4n) is 1.94. The topological polar surface area (TPSA) is 101 Å². The average molecular weight is 365 g/mol. The van der Waals surface area contributed by atoms with E-state index in [4.69, 9.17) is 9.84 Å². The Morgan fingerprint density at radius 2 is 1.50 bits per heavy atom. The highest BCUT2D eigenvalue weighted by Crippen LogP contribution is 2.12. The van der Waals surface area contributed by atoms with Gasteiger partial charge < -0.3 is 9.84 Å². The van der Waals surface area contributed by atoms with Crippen LogP contribution in [0.1, 0.15) is 52.9 Å². The van der Waals surface area contributed by atoms with Gasteiger partial charge in [0.25, 0.3) is 11.8 Å². The molecule has 0 bridgehead atoms. The Morgan fingerprint density at radius 3 is 1.88 bits per heavy atom. The number of aliphatic carboxylic acids is 1. The second-order valence-electron chi connectivity index (χ2n) is 5.45. The first-order chi connectivity index (χ1) is 12.4. The molecule has 0 aliphatic rings. The highest BCUT2D eigenvalue weighted by atomic mass is 16.5. The third-order valence-corrected chi connectivity index (χ3v) is 3.18. The number of nitrogens with zero attached hydrogens (tertiary/aromatic N) is 1. The summed E-state index contributed by atoms with van der Waals surface area (Å²) >= 11 is 0. The van der Waals surface area contributed by atoms with Crippen LogP contribution in [0.3, 0.4) is 0 Å². The van der Waals surface area contributed by atoms with Crippen LogP contribution in [0, 0.1) is 0 Å². The summed E-state index contributed by atoms with van der Waals surface area (Å²) in [6, 6.07) is -1.55. The van der Waals surface area contributed by atoms with E-state index >= 15 is 0 Å². The molecule has 1 unspecified atom stereocenters. The molecule has 0 aromatic carbocycles. The van der Waals surface area contributed by atoms with Gasteiger partial charge in [0.1, 0.15) is 6.04 Å². The third-order valence-electron chi connectivity index (χ3n) is 3.18. The molecule has 0 heterocycles. The second kappa shape index (κ2) is 13.6. The largest absolute Gasteiger partial charge is 0.481 e. The van der Waals surface area contributed by atoms with E-state index in [0.29, 0.717) is 17.7 Å². The molecule has 7 nitrogen and oxygen atoms in total. The first-order valence-corrected chi connectivity index (χ1v) is 8.62. The number of rotatable bonds is 11. The van der Waals surface area contributed by atoms with Crippen molar-refractivity contribution in [3.63, 3.8) is 0 Å². The third kappa shape index (κ3) is 8.96. The molecule has 2 amide bonds. The van der Waals surface area contributed by atoms with E-state index in [2.05, 4.69) is 0 Å². The van der Waals surface area contributed by atoms with Gasteiger partial charge in [0.15, 0.2) is 0 Å². The summed E-state index contributed by atoms with van der Waals surface area (Å²) in [5.74, 6) is -3.82. The molecule has 0 aromatic rings. The molecule has 0 aliphatic carbocycles. The van der Waals surface area contributed by atoms with Crippen LogP contribution in [0.15, 0.2) is 36.6 Å². The van der Waals surface area contributed by atoms with Crippen molar-refractivity contribution in [3.05, 3.63) is 36.6 Å². The number of imide groups is 1. The molecule has 144 valence electrons. The Bertz CT molecular complexity index is 549. The van der Waals surface area contributed by atoms with E-state index in [0.717, 1.165) is 19.1 Å². The number of carboxylic acids is 1. The number of carboxylic acid groups (broad SMARTS) is 1. The number of hydrogen-bond donors (Lipinski definition) is 1. The van der Waals surface area contributed by atoms with Crippen molar-refractivity contribution in [1.82, 2.24) is 4.90 Å². The van der Waals surface area contributed by atoms with Gasteiger partial charge in [0.2, 0.25) is 0 Å². The molecule has 0 spiro atoms. The van der Waals surface area contributed by atoms with E-state index < -0.39 is 36.2 Å². The number of esters is 1. The maximum Gasteiger partial charge on any atom is 0.334 e. The Kier molecular flexibility index (Phi) is 12.2. The molecule has 0 aliphatic heterocycles. The molecular formula is C19H27NO6. The normalized spacial score (nSPS) is 12.6. The van der Waals surface area contributed by atoms with Crippen molar-refractivity contribution < 1.29 is 29.0 Å². The average Bonchev–Trinajstić information content (AvgIpc) is 2.59. The van der Waals surface area contributed by atoms with E-state index in [1.807, 2.05) is 13.8 Å². The molecule has 0 radical (unpaired) electrons. The number of allylic oxidation sites excluding steroid dienone is 3. The Morgan fingerprint density at radius 1 is 1.00 bits per heavy atom. The molecule has 0 saturated heterocycles. The quantitative estimate of drug-likeness (QED) is 0.343. The van der Waals surface area contributed by atoms with Crippen molar-refractivity contribution >= 4 is 23.8 Å². The molecule has 7 heteroatoms. The van der Waals surface area contributed by atoms with Crippen LogP contribution in [0.5, 0.6) is 0 Å². The maximum absolute atomic E-state index is 12.5. The second-order valence-corrected chi connectivity index (χ2v) is 5.45. The molecule has 1 N–H and O–H groups in total. The lowest BCUT2D eigenvalue weighted by atomic mass is 10.1. The summed E-state index contributed by atoms with van der Waals surface area (Å²) in [6.07, 6.45) is 10.1. The minimum absolute atomic E-state index is 0.617. The van der Waals surface area contributed by atoms with Crippen molar-refractivity contribution in [2.45, 2.75) is 58.9 Å². The van der Waals surface area contributed by atoms with Gasteiger partial charge >= 0.3 is 11.9 Å². The highest BCUT2D eigenvalue weighted by molar-refractivity contribution is 6.08. The van der Waals surface area contributed by atoms with Crippen LogP contribution >= 0.6 is 0 Å². The van der Waals surface area contributed by atoms with Gasteiger partial charge in [-0.15, -0.1) is 0 Å². The summed E-state index contributed by atoms with van der Waals surface area (Å²) in [4.78, 5) is 48.9. The molecule has 1 atom stereocenters. The van der Waals surface area contributed by atoms with E-state index in [-0.39, 0.29) is 0 Å². The zero-order valence-electron chi connectivity index (χ0n) is 15.5. The minimum atomic E-state index is -1.55. The molecular weight excluding hydrogens is 338 g/mol. The summed E-state index contributed by atoms with van der Waals surface area (Å²) in [5, 5.41) is 9.09. The molecule has 0 aromatic heterocycles. The summed E-state index contributed by atoms with van der Waals surface area (Å²) < 4.78 is 4.81. The van der Waals surface area contributed by atoms with Crippen LogP contribution in [0.2, 0.25) is 0 Å². The number of hydrogen-bond acceptors (Lipinski definition) is 5. The predicted octanol–water partition coefficient (Wildman–Crippen LogP) is 2.97. The number of amides is 2. The van der Waals surface area contributed by atoms with E-state index in [1.165, 1.54) is 18.2 Å². The predicted molar refractivity (Wildman–Crippen MR) is 96.9 cm³/mol. The standard InChI is InChI=1S/C19H27NO6/c1-4-7-9-11-16(21)20(17(22)12-10-8-5-2)15(14-18(23)24)19(25)26-13-6-3/h6,9-13,15H,4-5,7-8,14H2,1-3H3,(H,23,24)/b11-9+,12-10+,13-6+. The maximum atomic E-state index is 12.5. The van der Waals surface area contributed by atoms with Gasteiger partial charge in [-0.25, -0.2) is 4.79 Å². The number of ether oxygens (including phenoxy) is 1. The number of unbranched alkanes of at least 4 members (excludes halogenated alkanes) is 2. The lowest BCUT2D eigenvalue weighted by Gasteiger charge is -2.25. The van der Waals surface area contributed by atoms with E-state index in [9.17, 15) is 19.2 Å². The van der Waals surface area contributed by atoms with Crippen LogP contribution in [-0.4, -0.2) is 39.8 Å². The number of carbonyl (C=O) groups is 4. The van der Waals surface area contributed by atoms with Gasteiger partial charge in [-0.05, 0) is 31.9 Å². The summed E-state index contributed by atoms with van der Waals surface area (Å²) in [7, 11) is 0. The van der Waals surface area contributed by atoms with Crippen molar-refractivity contribution in [2.75, 3.05) is 0 Å². The fraction of sp³-hybridized carbons (Fsp3) is 0.474. The van der Waals surface area contributed by atoms with E-state index in [1.54, 1.807) is 19.1 Å². The Labute approximate surface area is 154 Å². The smallest absolute Gasteiger partial charge is 0.334 e. The minimum Gasteiger partial charge on any atom is -0.481 e. The van der Waals surface area contributed by atoms with Crippen LogP contribution in [-0.2, 0) is 23.9 Å². The fourth-order valence-corrected chi connectivity index (χ4v) is 1.94. The lowest BCUT2D eigenvalue weighted by molar-refractivity contribution is -0.157. The zero-order chi connectivity index (χ0) is 19.9. The molecule has 0 fully saturated rings. The first-order valence-electron chi connectivity index (χ1n) is 8.62. The lowest BCUT2D eigenvalue weighted by Crippen LogP contribution is -2.49. The SMILES string of the molecule is C/C=C/OC(=O)C(CC(=O)O)N(C(=O)/C=C/CCC)C(=O)/C=C/CCC. The first kappa shape index (κ1) is 23.3. The van der Waals surface area contributed by atoms with Gasteiger partial charge in [-0.1, -0.05) is 44.9 Å². The molecule has 0 saturated carbocycles. The van der Waals surface area contributed by atoms with Crippen LogP contribution in [0.4, 0.5) is 0 Å². The molecule has 0 rings (SSSR count).